The molecule has 1 unspecified atom stereocenters. The molecule has 2 atom stereocenters. The maximum absolute atomic E-state index is 10.9. The van der Waals surface area contributed by atoms with Crippen molar-refractivity contribution in [2.45, 2.75) is 31.7 Å². The highest BCUT2D eigenvalue weighted by Crippen LogP contribution is 2.23. The van der Waals surface area contributed by atoms with E-state index >= 15 is 0 Å². The molecule has 74 valence electrons. The van der Waals surface area contributed by atoms with Crippen molar-refractivity contribution < 1.29 is 14.7 Å². The molecule has 0 aromatic heterocycles. The van der Waals surface area contributed by atoms with Gasteiger partial charge in [0.1, 0.15) is 0 Å². The smallest absolute Gasteiger partial charge is 0.404 e. The SMILES string of the molecule is NC(=O)[C@H]1CCCCC1NC(=O)O. The zero-order valence-electron chi connectivity index (χ0n) is 7.32. The summed E-state index contributed by atoms with van der Waals surface area (Å²) >= 11 is 0. The van der Waals surface area contributed by atoms with Gasteiger partial charge in [0.15, 0.2) is 0 Å². The number of nitrogens with two attached hydrogens (primary N) is 1. The van der Waals surface area contributed by atoms with Gasteiger partial charge in [0.2, 0.25) is 5.91 Å². The molecule has 4 N–H and O–H groups in total. The molecule has 1 rings (SSSR count). The minimum absolute atomic E-state index is 0.288. The monoisotopic (exact) mass is 186 g/mol. The van der Waals surface area contributed by atoms with Crippen LogP contribution in [0.15, 0.2) is 0 Å². The van der Waals surface area contributed by atoms with Crippen LogP contribution in [0.25, 0.3) is 0 Å². The summed E-state index contributed by atoms with van der Waals surface area (Å²) in [4.78, 5) is 21.3. The largest absolute Gasteiger partial charge is 0.465 e. The average molecular weight is 186 g/mol. The highest BCUT2D eigenvalue weighted by Gasteiger charge is 2.30. The van der Waals surface area contributed by atoms with Crippen LogP contribution in [-0.2, 0) is 4.79 Å². The number of rotatable bonds is 2. The summed E-state index contributed by atoms with van der Waals surface area (Å²) in [5.41, 5.74) is 5.16. The third-order valence-corrected chi connectivity index (χ3v) is 2.44. The Morgan fingerprint density at radius 3 is 2.46 bits per heavy atom. The summed E-state index contributed by atoms with van der Waals surface area (Å²) in [5, 5.41) is 10.8. The van der Waals surface area contributed by atoms with Crippen LogP contribution in [-0.4, -0.2) is 23.1 Å². The van der Waals surface area contributed by atoms with Gasteiger partial charge in [-0.15, -0.1) is 0 Å². The Bertz CT molecular complexity index is 217. The molecular formula is C8H14N2O3. The number of hydrogen-bond donors (Lipinski definition) is 3. The van der Waals surface area contributed by atoms with E-state index in [-0.39, 0.29) is 12.0 Å². The molecule has 0 aromatic rings. The second kappa shape index (κ2) is 4.11. The van der Waals surface area contributed by atoms with E-state index in [0.29, 0.717) is 12.8 Å². The lowest BCUT2D eigenvalue weighted by Crippen LogP contribution is -2.46. The summed E-state index contributed by atoms with van der Waals surface area (Å²) in [6.45, 7) is 0. The minimum Gasteiger partial charge on any atom is -0.465 e. The van der Waals surface area contributed by atoms with E-state index in [0.717, 1.165) is 12.8 Å². The van der Waals surface area contributed by atoms with Crippen LogP contribution in [0.4, 0.5) is 4.79 Å². The number of carbonyl (C=O) groups excluding carboxylic acids is 1. The van der Waals surface area contributed by atoms with Crippen molar-refractivity contribution in [1.82, 2.24) is 5.32 Å². The molecule has 2 amide bonds. The van der Waals surface area contributed by atoms with E-state index in [9.17, 15) is 9.59 Å². The number of amides is 2. The molecule has 0 bridgehead atoms. The third kappa shape index (κ3) is 2.61. The summed E-state index contributed by atoms with van der Waals surface area (Å²) in [7, 11) is 0. The average Bonchev–Trinajstić information content (AvgIpc) is 2.03. The molecule has 5 heteroatoms. The normalized spacial score (nSPS) is 28.0. The number of hydrogen-bond acceptors (Lipinski definition) is 2. The fourth-order valence-electron chi connectivity index (χ4n) is 1.80. The topological polar surface area (TPSA) is 92.4 Å². The van der Waals surface area contributed by atoms with Crippen LogP contribution in [0.2, 0.25) is 0 Å². The second-order valence-corrected chi connectivity index (χ2v) is 3.35. The Balaban J connectivity index is 2.56. The molecule has 1 fully saturated rings. The van der Waals surface area contributed by atoms with Crippen molar-refractivity contribution in [2.24, 2.45) is 11.7 Å². The van der Waals surface area contributed by atoms with Crippen LogP contribution in [0, 0.1) is 5.92 Å². The number of primary amides is 1. The molecule has 0 spiro atoms. The number of carbonyl (C=O) groups is 2. The molecule has 13 heavy (non-hydrogen) atoms. The highest BCUT2D eigenvalue weighted by molar-refractivity contribution is 5.78. The first-order valence-electron chi connectivity index (χ1n) is 4.40. The van der Waals surface area contributed by atoms with Gasteiger partial charge in [0.25, 0.3) is 0 Å². The van der Waals surface area contributed by atoms with Gasteiger partial charge in [0.05, 0.1) is 5.92 Å². The van der Waals surface area contributed by atoms with Gasteiger partial charge < -0.3 is 16.2 Å². The lowest BCUT2D eigenvalue weighted by atomic mass is 9.84. The molecule has 1 aliphatic carbocycles. The van der Waals surface area contributed by atoms with Crippen molar-refractivity contribution in [2.75, 3.05) is 0 Å². The van der Waals surface area contributed by atoms with Gasteiger partial charge in [-0.2, -0.15) is 0 Å². The molecule has 1 aliphatic rings. The van der Waals surface area contributed by atoms with Crippen LogP contribution in [0.1, 0.15) is 25.7 Å². The van der Waals surface area contributed by atoms with E-state index < -0.39 is 12.0 Å². The first kappa shape index (κ1) is 9.83. The quantitative estimate of drug-likeness (QED) is 0.579. The summed E-state index contributed by atoms with van der Waals surface area (Å²) in [6.07, 6.45) is 2.22. The maximum atomic E-state index is 10.9. The lowest BCUT2D eigenvalue weighted by molar-refractivity contribution is -0.123. The van der Waals surface area contributed by atoms with Crippen molar-refractivity contribution in [3.05, 3.63) is 0 Å². The van der Waals surface area contributed by atoms with E-state index in [2.05, 4.69) is 5.32 Å². The van der Waals surface area contributed by atoms with E-state index in [4.69, 9.17) is 10.8 Å². The fraction of sp³-hybridized carbons (Fsp3) is 0.750. The van der Waals surface area contributed by atoms with Crippen molar-refractivity contribution in [1.29, 1.82) is 0 Å². The zero-order valence-corrected chi connectivity index (χ0v) is 7.32. The van der Waals surface area contributed by atoms with Gasteiger partial charge in [-0.3, -0.25) is 4.79 Å². The predicted octanol–water partition coefficient (Wildman–Crippen LogP) is 0.298. The molecule has 0 heterocycles. The zero-order chi connectivity index (χ0) is 9.84. The molecular weight excluding hydrogens is 172 g/mol. The van der Waals surface area contributed by atoms with Gasteiger partial charge in [0, 0.05) is 6.04 Å². The Labute approximate surface area is 76.3 Å². The van der Waals surface area contributed by atoms with Crippen molar-refractivity contribution in [3.8, 4) is 0 Å². The minimum atomic E-state index is -1.09. The molecule has 0 aromatic carbocycles. The lowest BCUT2D eigenvalue weighted by Gasteiger charge is -2.28. The Morgan fingerprint density at radius 2 is 1.92 bits per heavy atom. The van der Waals surface area contributed by atoms with Crippen LogP contribution in [0.3, 0.4) is 0 Å². The van der Waals surface area contributed by atoms with E-state index in [1.54, 1.807) is 0 Å². The summed E-state index contributed by atoms with van der Waals surface area (Å²) in [5.74, 6) is -0.733. The number of nitrogens with one attached hydrogen (secondary N) is 1. The molecule has 5 nitrogen and oxygen atoms in total. The van der Waals surface area contributed by atoms with Gasteiger partial charge in [-0.05, 0) is 12.8 Å². The Hall–Kier alpha value is -1.26. The van der Waals surface area contributed by atoms with Crippen LogP contribution >= 0.6 is 0 Å². The predicted molar refractivity (Wildman–Crippen MR) is 46.1 cm³/mol. The molecule has 0 aliphatic heterocycles. The maximum Gasteiger partial charge on any atom is 0.404 e. The van der Waals surface area contributed by atoms with Gasteiger partial charge >= 0.3 is 6.09 Å². The standard InChI is InChI=1S/C8H14N2O3/c9-7(11)5-3-1-2-4-6(5)10-8(12)13/h5-6,10H,1-4H2,(H2,9,11)(H,12,13)/t5-,6?/m0/s1. The van der Waals surface area contributed by atoms with E-state index in [1.165, 1.54) is 0 Å². The first-order valence-corrected chi connectivity index (χ1v) is 4.40. The van der Waals surface area contributed by atoms with Crippen LogP contribution in [0.5, 0.6) is 0 Å². The van der Waals surface area contributed by atoms with Gasteiger partial charge in [-0.25, -0.2) is 4.79 Å². The second-order valence-electron chi connectivity index (χ2n) is 3.35. The molecule has 0 radical (unpaired) electrons. The van der Waals surface area contributed by atoms with Gasteiger partial charge in [-0.1, -0.05) is 12.8 Å². The van der Waals surface area contributed by atoms with E-state index in [1.807, 2.05) is 0 Å². The van der Waals surface area contributed by atoms with Crippen LogP contribution < -0.4 is 11.1 Å². The van der Waals surface area contributed by atoms with Crippen molar-refractivity contribution >= 4 is 12.0 Å². The first-order chi connectivity index (χ1) is 6.11. The molecule has 1 saturated carbocycles. The highest BCUT2D eigenvalue weighted by atomic mass is 16.4. The summed E-state index contributed by atoms with van der Waals surface area (Å²) in [6, 6.07) is -0.288. The third-order valence-electron chi connectivity index (χ3n) is 2.44. The fourth-order valence-corrected chi connectivity index (χ4v) is 1.80. The molecule has 0 saturated heterocycles. The Kier molecular flexibility index (Phi) is 3.11. The van der Waals surface area contributed by atoms with Crippen molar-refractivity contribution in [3.63, 3.8) is 0 Å². The number of carboxylic acid groups (broad SMARTS) is 1. The summed E-state index contributed by atoms with van der Waals surface area (Å²) < 4.78 is 0. The Morgan fingerprint density at radius 1 is 1.31 bits per heavy atom.